The number of rotatable bonds is 7. The first-order chi connectivity index (χ1) is 11.2. The monoisotopic (exact) mass is 478 g/mol. The van der Waals surface area contributed by atoms with Gasteiger partial charge in [0.1, 0.15) is 0 Å². The Morgan fingerprint density at radius 2 is 1.96 bits per heavy atom. The van der Waals surface area contributed by atoms with Crippen LogP contribution in [-0.4, -0.2) is 41.0 Å². The van der Waals surface area contributed by atoms with Crippen molar-refractivity contribution in [1.82, 2.24) is 15.6 Å². The van der Waals surface area contributed by atoms with Gasteiger partial charge in [-0.2, -0.15) is 0 Å². The van der Waals surface area contributed by atoms with E-state index < -0.39 is 10.8 Å². The first kappa shape index (κ1) is 21.0. The van der Waals surface area contributed by atoms with Crippen molar-refractivity contribution in [3.05, 3.63) is 46.4 Å². The average molecular weight is 478 g/mol. The van der Waals surface area contributed by atoms with E-state index in [1.165, 1.54) is 4.88 Å². The molecule has 1 aromatic heterocycles. The number of halogens is 1. The van der Waals surface area contributed by atoms with Crippen LogP contribution in [0.1, 0.15) is 9.88 Å². The van der Waals surface area contributed by atoms with Crippen molar-refractivity contribution in [2.45, 2.75) is 18.2 Å². The molecule has 2 aromatic rings. The minimum absolute atomic E-state index is 0. The molecule has 0 aliphatic heterocycles. The number of guanidine groups is 1. The largest absolute Gasteiger partial charge is 0.356 e. The number of aromatic nitrogens is 1. The first-order valence-corrected chi connectivity index (χ1v) is 9.62. The van der Waals surface area contributed by atoms with Gasteiger partial charge in [0, 0.05) is 48.3 Å². The molecule has 5 nitrogen and oxygen atoms in total. The Kier molecular flexibility index (Phi) is 10.1. The lowest BCUT2D eigenvalue weighted by atomic mass is 10.4. The number of thiazole rings is 1. The summed E-state index contributed by atoms with van der Waals surface area (Å²) in [4.78, 5) is 10.6. The molecular weight excluding hydrogens is 455 g/mol. The molecule has 0 fully saturated rings. The number of hydrogen-bond acceptors (Lipinski definition) is 4. The Bertz CT molecular complexity index is 661. The lowest BCUT2D eigenvalue weighted by molar-refractivity contribution is 0.681. The topological polar surface area (TPSA) is 66.4 Å². The van der Waals surface area contributed by atoms with Gasteiger partial charge in [-0.15, -0.1) is 35.3 Å². The third kappa shape index (κ3) is 7.27. The van der Waals surface area contributed by atoms with E-state index in [0.717, 1.165) is 28.8 Å². The summed E-state index contributed by atoms with van der Waals surface area (Å²) in [5.41, 5.74) is 0. The summed E-state index contributed by atoms with van der Waals surface area (Å²) in [7, 11) is 0.745. The second-order valence-electron chi connectivity index (χ2n) is 4.90. The number of nitrogens with zero attached hydrogens (tertiary/aromatic N) is 2. The van der Waals surface area contributed by atoms with Gasteiger partial charge >= 0.3 is 0 Å². The molecule has 2 rings (SSSR count). The normalized spacial score (nSPS) is 12.3. The highest BCUT2D eigenvalue weighted by Gasteiger charge is 2.04. The smallest absolute Gasteiger partial charge is 0.191 e. The number of aliphatic imine (C=N–C) groups is 1. The van der Waals surface area contributed by atoms with E-state index in [2.05, 4.69) is 27.5 Å². The maximum Gasteiger partial charge on any atom is 0.191 e. The van der Waals surface area contributed by atoms with Crippen LogP contribution in [-0.2, 0) is 17.2 Å². The van der Waals surface area contributed by atoms with Crippen molar-refractivity contribution in [3.8, 4) is 0 Å². The van der Waals surface area contributed by atoms with Crippen LogP contribution >= 0.6 is 35.3 Å². The molecule has 0 bridgehead atoms. The fraction of sp³-hybridized carbons (Fsp3) is 0.375. The summed E-state index contributed by atoms with van der Waals surface area (Å²) in [6.45, 7) is 3.44. The SMILES string of the molecule is CN=C(NCCc1ncc(C)s1)NCCS(=O)c1ccccc1.I. The van der Waals surface area contributed by atoms with Crippen molar-refractivity contribution >= 4 is 52.1 Å². The highest BCUT2D eigenvalue weighted by atomic mass is 127. The van der Waals surface area contributed by atoms with Crippen molar-refractivity contribution < 1.29 is 4.21 Å². The molecule has 0 radical (unpaired) electrons. The van der Waals surface area contributed by atoms with E-state index in [4.69, 9.17) is 0 Å². The van der Waals surface area contributed by atoms with Crippen LogP contribution in [0, 0.1) is 6.92 Å². The molecule has 0 saturated carbocycles. The summed E-state index contributed by atoms with van der Waals surface area (Å²) < 4.78 is 12.1. The van der Waals surface area contributed by atoms with Gasteiger partial charge in [0.25, 0.3) is 0 Å². The Balaban J connectivity index is 0.00000288. The van der Waals surface area contributed by atoms with Gasteiger partial charge in [-0.05, 0) is 19.1 Å². The quantitative estimate of drug-likeness (QED) is 0.365. The van der Waals surface area contributed by atoms with E-state index >= 15 is 0 Å². The standard InChI is InChI=1S/C16H22N4OS2.HI/c1-13-12-20-15(22-13)8-9-18-16(17-2)19-10-11-23(21)14-6-4-3-5-7-14;/h3-7,12H,8-11H2,1-2H3,(H2,17,18,19);1H. The molecule has 0 amide bonds. The van der Waals surface area contributed by atoms with Crippen molar-refractivity contribution in [2.24, 2.45) is 4.99 Å². The molecule has 0 saturated heterocycles. The number of aryl methyl sites for hydroxylation is 1. The van der Waals surface area contributed by atoms with Crippen molar-refractivity contribution in [1.29, 1.82) is 0 Å². The van der Waals surface area contributed by atoms with Gasteiger partial charge in [0.15, 0.2) is 5.96 Å². The minimum Gasteiger partial charge on any atom is -0.356 e. The maximum atomic E-state index is 12.1. The van der Waals surface area contributed by atoms with Gasteiger partial charge < -0.3 is 10.6 Å². The van der Waals surface area contributed by atoms with Crippen LogP contribution in [0.15, 0.2) is 46.4 Å². The van der Waals surface area contributed by atoms with Gasteiger partial charge in [-0.1, -0.05) is 18.2 Å². The molecule has 0 aliphatic rings. The van der Waals surface area contributed by atoms with Crippen LogP contribution in [0.3, 0.4) is 0 Å². The molecular formula is C16H23IN4OS2. The molecule has 0 spiro atoms. The van der Waals surface area contributed by atoms with E-state index in [9.17, 15) is 4.21 Å². The number of benzene rings is 1. The minimum atomic E-state index is -0.988. The second kappa shape index (κ2) is 11.5. The van der Waals surface area contributed by atoms with Gasteiger partial charge in [-0.25, -0.2) is 4.98 Å². The Morgan fingerprint density at radius 1 is 1.25 bits per heavy atom. The van der Waals surface area contributed by atoms with Gasteiger partial charge in [0.05, 0.1) is 15.8 Å². The molecule has 8 heteroatoms. The lowest BCUT2D eigenvalue weighted by Crippen LogP contribution is -2.40. The molecule has 1 heterocycles. The molecule has 1 aromatic carbocycles. The summed E-state index contributed by atoms with van der Waals surface area (Å²) in [5.74, 6) is 1.28. The maximum absolute atomic E-state index is 12.1. The van der Waals surface area contributed by atoms with Crippen LogP contribution < -0.4 is 10.6 Å². The van der Waals surface area contributed by atoms with Crippen LogP contribution in [0.25, 0.3) is 0 Å². The predicted octanol–water partition coefficient (Wildman–Crippen LogP) is 2.58. The molecule has 1 unspecified atom stereocenters. The Morgan fingerprint density at radius 3 is 2.58 bits per heavy atom. The van der Waals surface area contributed by atoms with Gasteiger partial charge in [0.2, 0.25) is 0 Å². The zero-order valence-corrected chi connectivity index (χ0v) is 17.8. The van der Waals surface area contributed by atoms with Crippen molar-refractivity contribution in [3.63, 3.8) is 0 Å². The predicted molar refractivity (Wildman–Crippen MR) is 113 cm³/mol. The summed E-state index contributed by atoms with van der Waals surface area (Å²) in [6.07, 6.45) is 2.76. The van der Waals surface area contributed by atoms with E-state index in [0.29, 0.717) is 12.3 Å². The van der Waals surface area contributed by atoms with E-state index in [1.54, 1.807) is 18.4 Å². The molecule has 1 atom stereocenters. The summed E-state index contributed by atoms with van der Waals surface area (Å²) in [6, 6.07) is 9.51. The van der Waals surface area contributed by atoms with Gasteiger partial charge in [-0.3, -0.25) is 9.20 Å². The highest BCUT2D eigenvalue weighted by molar-refractivity contribution is 14.0. The fourth-order valence-corrected chi connectivity index (χ4v) is 3.75. The highest BCUT2D eigenvalue weighted by Crippen LogP contribution is 2.10. The van der Waals surface area contributed by atoms with E-state index in [-0.39, 0.29) is 24.0 Å². The third-order valence-corrected chi connectivity index (χ3v) is 5.46. The lowest BCUT2D eigenvalue weighted by Gasteiger charge is -2.11. The van der Waals surface area contributed by atoms with Crippen LogP contribution in [0.2, 0.25) is 0 Å². The Hall–Kier alpha value is -1.000. The van der Waals surface area contributed by atoms with Crippen molar-refractivity contribution in [2.75, 3.05) is 25.9 Å². The third-order valence-electron chi connectivity index (χ3n) is 3.11. The fourth-order valence-electron chi connectivity index (χ4n) is 1.98. The summed E-state index contributed by atoms with van der Waals surface area (Å²) in [5, 5.41) is 7.56. The van der Waals surface area contributed by atoms with Crippen LogP contribution in [0.5, 0.6) is 0 Å². The molecule has 2 N–H and O–H groups in total. The zero-order chi connectivity index (χ0) is 16.5. The summed E-state index contributed by atoms with van der Waals surface area (Å²) >= 11 is 1.71. The van der Waals surface area contributed by atoms with Crippen LogP contribution in [0.4, 0.5) is 0 Å². The Labute approximate surface area is 166 Å². The zero-order valence-electron chi connectivity index (χ0n) is 13.8. The second-order valence-corrected chi connectivity index (χ2v) is 7.79. The molecule has 132 valence electrons. The van der Waals surface area contributed by atoms with E-state index in [1.807, 2.05) is 36.5 Å². The molecule has 0 aliphatic carbocycles. The average Bonchev–Trinajstić information content (AvgIpc) is 2.99. The molecule has 24 heavy (non-hydrogen) atoms. The number of hydrogen-bond donors (Lipinski definition) is 2. The number of nitrogens with one attached hydrogen (secondary N) is 2. The first-order valence-electron chi connectivity index (χ1n) is 7.48.